The van der Waals surface area contributed by atoms with Gasteiger partial charge in [0.25, 0.3) is 0 Å². The number of carbonyl (C=O) groups is 1. The van der Waals surface area contributed by atoms with Gasteiger partial charge in [-0.2, -0.15) is 5.10 Å². The highest BCUT2D eigenvalue weighted by Crippen LogP contribution is 2.12. The topological polar surface area (TPSA) is 57.8 Å². The van der Waals surface area contributed by atoms with Crippen molar-refractivity contribution in [1.82, 2.24) is 15.5 Å². The van der Waals surface area contributed by atoms with Gasteiger partial charge in [0.2, 0.25) is 5.91 Å². The predicted octanol–water partition coefficient (Wildman–Crippen LogP) is 2.99. The van der Waals surface area contributed by atoms with Crippen molar-refractivity contribution >= 4 is 5.91 Å². The molecule has 0 saturated heterocycles. The van der Waals surface area contributed by atoms with E-state index in [1.165, 1.54) is 11.6 Å². The summed E-state index contributed by atoms with van der Waals surface area (Å²) in [5.41, 5.74) is 3.86. The van der Waals surface area contributed by atoms with E-state index in [1.54, 1.807) is 0 Å². The third-order valence-electron chi connectivity index (χ3n) is 3.83. The number of carbonyl (C=O) groups excluding carboxylic acids is 1. The molecule has 0 radical (unpaired) electrons. The van der Waals surface area contributed by atoms with Gasteiger partial charge in [0.05, 0.1) is 5.69 Å². The zero-order valence-corrected chi connectivity index (χ0v) is 13.4. The lowest BCUT2D eigenvalue weighted by Gasteiger charge is -2.06. The van der Waals surface area contributed by atoms with Gasteiger partial charge >= 0.3 is 0 Å². The third-order valence-corrected chi connectivity index (χ3v) is 3.83. The van der Waals surface area contributed by atoms with E-state index in [0.29, 0.717) is 18.5 Å². The van der Waals surface area contributed by atoms with Crippen molar-refractivity contribution in [3.63, 3.8) is 0 Å². The van der Waals surface area contributed by atoms with Gasteiger partial charge in [-0.25, -0.2) is 8.78 Å². The van der Waals surface area contributed by atoms with Gasteiger partial charge in [0.15, 0.2) is 11.6 Å². The van der Waals surface area contributed by atoms with Crippen LogP contribution in [0.4, 0.5) is 8.78 Å². The Morgan fingerprint density at radius 3 is 2.65 bits per heavy atom. The molecule has 124 valence electrons. The molecule has 0 bridgehead atoms. The first-order valence-electron chi connectivity index (χ1n) is 7.68. The van der Waals surface area contributed by atoms with Crippen molar-refractivity contribution in [3.8, 4) is 0 Å². The maximum absolute atomic E-state index is 13.1. The highest BCUT2D eigenvalue weighted by molar-refractivity contribution is 5.76. The fourth-order valence-corrected chi connectivity index (χ4v) is 2.48. The Hall–Kier alpha value is -2.24. The lowest BCUT2D eigenvalue weighted by molar-refractivity contribution is -0.121. The summed E-state index contributed by atoms with van der Waals surface area (Å²) in [6.07, 6.45) is 2.34. The molecule has 1 aromatic heterocycles. The molecular formula is C17H21F2N3O. The van der Waals surface area contributed by atoms with Gasteiger partial charge in [-0.05, 0) is 56.4 Å². The molecule has 2 rings (SSSR count). The van der Waals surface area contributed by atoms with Crippen LogP contribution in [0.3, 0.4) is 0 Å². The van der Waals surface area contributed by atoms with E-state index in [0.717, 1.165) is 36.4 Å². The summed E-state index contributed by atoms with van der Waals surface area (Å²) in [5, 5.41) is 9.92. The molecule has 2 N–H and O–H groups in total. The monoisotopic (exact) mass is 321 g/mol. The average Bonchev–Trinajstić information content (AvgIpc) is 2.84. The maximum atomic E-state index is 13.1. The molecule has 0 aliphatic carbocycles. The summed E-state index contributed by atoms with van der Waals surface area (Å²) in [6, 6.07) is 3.71. The molecule has 6 heteroatoms. The second-order valence-corrected chi connectivity index (χ2v) is 5.61. The van der Waals surface area contributed by atoms with Crippen LogP contribution >= 0.6 is 0 Å². The Kier molecular flexibility index (Phi) is 5.84. The van der Waals surface area contributed by atoms with Crippen molar-refractivity contribution in [1.29, 1.82) is 0 Å². The molecule has 0 saturated carbocycles. The van der Waals surface area contributed by atoms with Crippen LogP contribution in [0.5, 0.6) is 0 Å². The summed E-state index contributed by atoms with van der Waals surface area (Å²) in [6.45, 7) is 4.52. The van der Waals surface area contributed by atoms with Crippen LogP contribution in [-0.4, -0.2) is 22.6 Å². The van der Waals surface area contributed by atoms with E-state index in [1.807, 2.05) is 13.8 Å². The number of aryl methyl sites for hydroxylation is 3. The number of aromatic amines is 1. The minimum atomic E-state index is -0.881. The first kappa shape index (κ1) is 17.1. The van der Waals surface area contributed by atoms with Crippen LogP contribution < -0.4 is 5.32 Å². The molecule has 0 atom stereocenters. The van der Waals surface area contributed by atoms with Gasteiger partial charge in [0.1, 0.15) is 0 Å². The zero-order chi connectivity index (χ0) is 16.8. The molecule has 2 aromatic rings. The standard InChI is InChI=1S/C17H21F2N3O/c1-11-14(12(2)22-21-11)4-3-9-20-17(23)8-6-13-5-7-15(18)16(19)10-13/h5,7,10H,3-4,6,8-9H2,1-2H3,(H,20,23)(H,21,22). The van der Waals surface area contributed by atoms with E-state index >= 15 is 0 Å². The van der Waals surface area contributed by atoms with Gasteiger partial charge in [-0.1, -0.05) is 6.07 Å². The predicted molar refractivity (Wildman–Crippen MR) is 84.1 cm³/mol. The Morgan fingerprint density at radius 1 is 1.22 bits per heavy atom. The normalized spacial score (nSPS) is 10.8. The number of halogens is 2. The van der Waals surface area contributed by atoms with Crippen LogP contribution in [0, 0.1) is 25.5 Å². The summed E-state index contributed by atoms with van der Waals surface area (Å²) in [4.78, 5) is 11.8. The van der Waals surface area contributed by atoms with Gasteiger partial charge < -0.3 is 5.32 Å². The van der Waals surface area contributed by atoms with Crippen molar-refractivity contribution < 1.29 is 13.6 Å². The number of amides is 1. The van der Waals surface area contributed by atoms with E-state index in [-0.39, 0.29) is 12.3 Å². The summed E-state index contributed by atoms with van der Waals surface area (Å²) < 4.78 is 25.9. The SMILES string of the molecule is Cc1n[nH]c(C)c1CCCNC(=O)CCc1ccc(F)c(F)c1. The Labute approximate surface area is 134 Å². The molecule has 23 heavy (non-hydrogen) atoms. The second-order valence-electron chi connectivity index (χ2n) is 5.61. The number of hydrogen-bond donors (Lipinski definition) is 2. The van der Waals surface area contributed by atoms with Crippen LogP contribution in [0.15, 0.2) is 18.2 Å². The summed E-state index contributed by atoms with van der Waals surface area (Å²) >= 11 is 0. The van der Waals surface area contributed by atoms with Crippen LogP contribution in [-0.2, 0) is 17.6 Å². The van der Waals surface area contributed by atoms with Crippen molar-refractivity contribution in [3.05, 3.63) is 52.3 Å². The molecule has 1 aromatic carbocycles. The number of H-pyrrole nitrogens is 1. The number of rotatable bonds is 7. The van der Waals surface area contributed by atoms with Crippen molar-refractivity contribution in [2.75, 3.05) is 6.54 Å². The molecule has 0 fully saturated rings. The Balaban J connectivity index is 1.68. The fourth-order valence-electron chi connectivity index (χ4n) is 2.48. The quantitative estimate of drug-likeness (QED) is 0.770. The van der Waals surface area contributed by atoms with E-state index in [4.69, 9.17) is 0 Å². The van der Waals surface area contributed by atoms with Crippen LogP contribution in [0.2, 0.25) is 0 Å². The lowest BCUT2D eigenvalue weighted by atomic mass is 10.1. The van der Waals surface area contributed by atoms with Crippen LogP contribution in [0.1, 0.15) is 35.4 Å². The minimum absolute atomic E-state index is 0.0876. The second kappa shape index (κ2) is 7.85. The number of nitrogens with one attached hydrogen (secondary N) is 2. The minimum Gasteiger partial charge on any atom is -0.356 e. The molecule has 4 nitrogen and oxygen atoms in total. The number of hydrogen-bond acceptors (Lipinski definition) is 2. The maximum Gasteiger partial charge on any atom is 0.220 e. The molecule has 1 heterocycles. The Bertz CT molecular complexity index is 663. The average molecular weight is 321 g/mol. The third kappa shape index (κ3) is 4.87. The van der Waals surface area contributed by atoms with Gasteiger partial charge in [0, 0.05) is 18.7 Å². The Morgan fingerprint density at radius 2 is 2.00 bits per heavy atom. The zero-order valence-electron chi connectivity index (χ0n) is 13.4. The highest BCUT2D eigenvalue weighted by atomic mass is 19.2. The largest absolute Gasteiger partial charge is 0.356 e. The van der Waals surface area contributed by atoms with Crippen molar-refractivity contribution in [2.24, 2.45) is 0 Å². The van der Waals surface area contributed by atoms with Gasteiger partial charge in [-0.3, -0.25) is 9.89 Å². The molecule has 0 spiro atoms. The summed E-state index contributed by atoms with van der Waals surface area (Å²) in [5.74, 6) is -1.84. The first-order valence-corrected chi connectivity index (χ1v) is 7.68. The van der Waals surface area contributed by atoms with E-state index < -0.39 is 11.6 Å². The molecule has 0 aliphatic heterocycles. The summed E-state index contributed by atoms with van der Waals surface area (Å²) in [7, 11) is 0. The first-order chi connectivity index (χ1) is 11.0. The molecule has 1 amide bonds. The molecule has 0 aliphatic rings. The van der Waals surface area contributed by atoms with Crippen LogP contribution in [0.25, 0.3) is 0 Å². The van der Waals surface area contributed by atoms with Crippen molar-refractivity contribution in [2.45, 2.75) is 39.5 Å². The number of benzene rings is 1. The number of nitrogens with zero attached hydrogens (tertiary/aromatic N) is 1. The van der Waals surface area contributed by atoms with E-state index in [9.17, 15) is 13.6 Å². The highest BCUT2D eigenvalue weighted by Gasteiger charge is 2.07. The van der Waals surface area contributed by atoms with E-state index in [2.05, 4.69) is 15.5 Å². The smallest absolute Gasteiger partial charge is 0.220 e. The molecule has 0 unspecified atom stereocenters. The lowest BCUT2D eigenvalue weighted by Crippen LogP contribution is -2.25. The van der Waals surface area contributed by atoms with Gasteiger partial charge in [-0.15, -0.1) is 0 Å². The fraction of sp³-hybridized carbons (Fsp3) is 0.412. The molecular weight excluding hydrogens is 300 g/mol. The number of aromatic nitrogens is 2.